The second kappa shape index (κ2) is 6.70. The standard InChI is InChI=1S/C13H18F2N2O4S2/c1-2-22(18,19)17-8-10(9-17)7-16-11-5-3-4-6-12(11)23(20,21)13(14)15/h3-6,10,13,16H,2,7-9H2,1H3. The molecule has 0 saturated carbocycles. The summed E-state index contributed by atoms with van der Waals surface area (Å²) in [5, 5.41) is 2.83. The summed E-state index contributed by atoms with van der Waals surface area (Å²) < 4.78 is 73.2. The van der Waals surface area contributed by atoms with E-state index in [4.69, 9.17) is 0 Å². The van der Waals surface area contributed by atoms with Crippen molar-refractivity contribution in [1.29, 1.82) is 0 Å². The zero-order valence-electron chi connectivity index (χ0n) is 12.4. The first kappa shape index (κ1) is 18.1. The van der Waals surface area contributed by atoms with Crippen molar-refractivity contribution < 1.29 is 25.6 Å². The third kappa shape index (κ3) is 3.81. The van der Waals surface area contributed by atoms with Crippen molar-refractivity contribution in [2.45, 2.75) is 17.6 Å². The molecule has 130 valence electrons. The van der Waals surface area contributed by atoms with Crippen molar-refractivity contribution in [2.75, 3.05) is 30.7 Å². The lowest BCUT2D eigenvalue weighted by atomic mass is 10.0. The molecule has 1 saturated heterocycles. The molecule has 0 amide bonds. The van der Waals surface area contributed by atoms with Crippen LogP contribution in [0.2, 0.25) is 0 Å². The van der Waals surface area contributed by atoms with E-state index in [1.807, 2.05) is 0 Å². The molecule has 1 aromatic carbocycles. The van der Waals surface area contributed by atoms with Gasteiger partial charge in [0.15, 0.2) is 0 Å². The lowest BCUT2D eigenvalue weighted by Crippen LogP contribution is -2.52. The quantitative estimate of drug-likeness (QED) is 0.786. The molecule has 1 N–H and O–H groups in total. The first-order chi connectivity index (χ1) is 10.7. The Morgan fingerprint density at radius 2 is 1.83 bits per heavy atom. The van der Waals surface area contributed by atoms with Crippen LogP contribution in [0.5, 0.6) is 0 Å². The van der Waals surface area contributed by atoms with E-state index in [-0.39, 0.29) is 17.4 Å². The number of anilines is 1. The Hall–Kier alpha value is -1.26. The van der Waals surface area contributed by atoms with Crippen LogP contribution in [-0.4, -0.2) is 52.3 Å². The van der Waals surface area contributed by atoms with Gasteiger partial charge in [-0.15, -0.1) is 0 Å². The molecule has 0 aliphatic carbocycles. The maximum Gasteiger partial charge on any atom is 0.341 e. The second-order valence-electron chi connectivity index (χ2n) is 5.27. The molecule has 6 nitrogen and oxygen atoms in total. The molecule has 0 radical (unpaired) electrons. The number of nitrogens with zero attached hydrogens (tertiary/aromatic N) is 1. The largest absolute Gasteiger partial charge is 0.384 e. The van der Waals surface area contributed by atoms with Crippen molar-refractivity contribution in [3.8, 4) is 0 Å². The smallest absolute Gasteiger partial charge is 0.341 e. The van der Waals surface area contributed by atoms with E-state index in [0.717, 1.165) is 6.07 Å². The van der Waals surface area contributed by atoms with Crippen LogP contribution in [0.4, 0.5) is 14.5 Å². The number of nitrogens with one attached hydrogen (secondary N) is 1. The monoisotopic (exact) mass is 368 g/mol. The van der Waals surface area contributed by atoms with E-state index in [0.29, 0.717) is 19.6 Å². The molecule has 23 heavy (non-hydrogen) atoms. The molecule has 1 heterocycles. The Balaban J connectivity index is 2.02. The van der Waals surface area contributed by atoms with Gasteiger partial charge in [0.05, 0.1) is 16.3 Å². The van der Waals surface area contributed by atoms with Gasteiger partial charge in [-0.25, -0.2) is 21.1 Å². The average Bonchev–Trinajstić information content (AvgIpc) is 2.45. The van der Waals surface area contributed by atoms with E-state index in [1.54, 1.807) is 13.0 Å². The summed E-state index contributed by atoms with van der Waals surface area (Å²) in [6.07, 6.45) is 0. The highest BCUT2D eigenvalue weighted by Crippen LogP contribution is 2.27. The number of rotatable bonds is 7. The summed E-state index contributed by atoms with van der Waals surface area (Å²) in [7, 11) is -7.89. The average molecular weight is 368 g/mol. The minimum Gasteiger partial charge on any atom is -0.384 e. The molecule has 1 aliphatic heterocycles. The number of halogens is 2. The number of alkyl halides is 2. The van der Waals surface area contributed by atoms with E-state index in [1.165, 1.54) is 16.4 Å². The van der Waals surface area contributed by atoms with Gasteiger partial charge in [0.1, 0.15) is 0 Å². The third-order valence-corrected chi connectivity index (χ3v) is 6.94. The normalized spacial score (nSPS) is 17.2. The summed E-state index contributed by atoms with van der Waals surface area (Å²) in [5.41, 5.74) is 0.101. The molecule has 0 bridgehead atoms. The van der Waals surface area contributed by atoms with Crippen LogP contribution in [0, 0.1) is 5.92 Å². The van der Waals surface area contributed by atoms with Crippen LogP contribution in [-0.2, 0) is 19.9 Å². The van der Waals surface area contributed by atoms with Gasteiger partial charge in [0.25, 0.3) is 0 Å². The molecule has 2 rings (SSSR count). The van der Waals surface area contributed by atoms with Gasteiger partial charge in [-0.2, -0.15) is 8.78 Å². The van der Waals surface area contributed by atoms with Crippen molar-refractivity contribution in [1.82, 2.24) is 4.31 Å². The Bertz CT molecular complexity index is 760. The molecular formula is C13H18F2N2O4S2. The number of hydrogen-bond acceptors (Lipinski definition) is 5. The van der Waals surface area contributed by atoms with Crippen LogP contribution in [0.15, 0.2) is 29.2 Å². The number of benzene rings is 1. The zero-order valence-corrected chi connectivity index (χ0v) is 14.1. The van der Waals surface area contributed by atoms with Gasteiger partial charge in [0, 0.05) is 25.6 Å². The number of hydrogen-bond donors (Lipinski definition) is 1. The zero-order chi connectivity index (χ0) is 17.3. The fraction of sp³-hybridized carbons (Fsp3) is 0.538. The molecular weight excluding hydrogens is 350 g/mol. The molecule has 10 heteroatoms. The summed E-state index contributed by atoms with van der Waals surface area (Å²) in [5.74, 6) is -3.44. The van der Waals surface area contributed by atoms with Gasteiger partial charge >= 0.3 is 5.76 Å². The molecule has 0 spiro atoms. The molecule has 0 atom stereocenters. The van der Waals surface area contributed by atoms with E-state index in [2.05, 4.69) is 5.32 Å². The van der Waals surface area contributed by atoms with Gasteiger partial charge in [0.2, 0.25) is 19.9 Å². The maximum atomic E-state index is 12.7. The predicted octanol–water partition coefficient (Wildman–Crippen LogP) is 1.38. The SMILES string of the molecule is CCS(=O)(=O)N1CC(CNc2ccccc2S(=O)(=O)C(F)F)C1. The summed E-state index contributed by atoms with van der Waals surface area (Å²) in [4.78, 5) is -0.452. The third-order valence-electron chi connectivity index (χ3n) is 3.69. The van der Waals surface area contributed by atoms with Crippen LogP contribution in [0.25, 0.3) is 0 Å². The van der Waals surface area contributed by atoms with Crippen molar-refractivity contribution in [2.24, 2.45) is 5.92 Å². The van der Waals surface area contributed by atoms with Crippen LogP contribution < -0.4 is 5.32 Å². The Morgan fingerprint density at radius 1 is 1.22 bits per heavy atom. The van der Waals surface area contributed by atoms with Crippen LogP contribution in [0.1, 0.15) is 6.92 Å². The first-order valence-corrected chi connectivity index (χ1v) is 10.2. The number of sulfone groups is 1. The van der Waals surface area contributed by atoms with Gasteiger partial charge in [-0.3, -0.25) is 0 Å². The van der Waals surface area contributed by atoms with Crippen molar-refractivity contribution in [3.63, 3.8) is 0 Å². The van der Waals surface area contributed by atoms with E-state index in [9.17, 15) is 25.6 Å². The van der Waals surface area contributed by atoms with Crippen LogP contribution in [0.3, 0.4) is 0 Å². The predicted molar refractivity (Wildman–Crippen MR) is 82.6 cm³/mol. The van der Waals surface area contributed by atoms with Crippen molar-refractivity contribution >= 4 is 25.5 Å². The second-order valence-corrected chi connectivity index (χ2v) is 9.41. The molecule has 1 fully saturated rings. The fourth-order valence-electron chi connectivity index (χ4n) is 2.27. The molecule has 1 aliphatic rings. The highest BCUT2D eigenvalue weighted by atomic mass is 32.2. The summed E-state index contributed by atoms with van der Waals surface area (Å²) >= 11 is 0. The fourth-order valence-corrected chi connectivity index (χ4v) is 4.42. The van der Waals surface area contributed by atoms with Gasteiger partial charge in [-0.05, 0) is 19.1 Å². The number of sulfonamides is 1. The number of para-hydroxylation sites is 1. The minimum atomic E-state index is -4.68. The summed E-state index contributed by atoms with van der Waals surface area (Å²) in [6, 6.07) is 5.45. The maximum absolute atomic E-state index is 12.7. The van der Waals surface area contributed by atoms with Gasteiger partial charge in [-0.1, -0.05) is 12.1 Å². The Labute approximate surface area is 134 Å². The lowest BCUT2D eigenvalue weighted by Gasteiger charge is -2.38. The van der Waals surface area contributed by atoms with E-state index < -0.39 is 30.5 Å². The highest BCUT2D eigenvalue weighted by Gasteiger charge is 2.35. The van der Waals surface area contributed by atoms with E-state index >= 15 is 0 Å². The topological polar surface area (TPSA) is 83.6 Å². The molecule has 0 unspecified atom stereocenters. The van der Waals surface area contributed by atoms with Gasteiger partial charge < -0.3 is 5.32 Å². The minimum absolute atomic E-state index is 0.0126. The lowest BCUT2D eigenvalue weighted by molar-refractivity contribution is 0.212. The van der Waals surface area contributed by atoms with Crippen LogP contribution >= 0.6 is 0 Å². The van der Waals surface area contributed by atoms with Crippen molar-refractivity contribution in [3.05, 3.63) is 24.3 Å². The Morgan fingerprint density at radius 3 is 2.39 bits per heavy atom. The molecule has 1 aromatic rings. The highest BCUT2D eigenvalue weighted by molar-refractivity contribution is 7.91. The Kier molecular flexibility index (Phi) is 5.27. The summed E-state index contributed by atoms with van der Waals surface area (Å²) in [6.45, 7) is 2.55. The molecule has 0 aromatic heterocycles. The first-order valence-electron chi connectivity index (χ1n) is 7.01.